The summed E-state index contributed by atoms with van der Waals surface area (Å²) in [4.78, 5) is 0. The summed E-state index contributed by atoms with van der Waals surface area (Å²) in [5.41, 5.74) is 0.656. The Labute approximate surface area is 83.3 Å². The van der Waals surface area contributed by atoms with Crippen molar-refractivity contribution in [1.82, 2.24) is 5.32 Å². The first kappa shape index (κ1) is 11.0. The zero-order valence-electron chi connectivity index (χ0n) is 9.85. The van der Waals surface area contributed by atoms with Crippen LogP contribution < -0.4 is 5.32 Å². The molecule has 0 heterocycles. The predicted molar refractivity (Wildman–Crippen MR) is 58.8 cm³/mol. The van der Waals surface area contributed by atoms with Gasteiger partial charge in [0.25, 0.3) is 0 Å². The highest BCUT2D eigenvalue weighted by atomic mass is 14.9. The molecular formula is C12H25N. The first-order valence-corrected chi connectivity index (χ1v) is 5.71. The minimum atomic E-state index is 0.656. The zero-order valence-corrected chi connectivity index (χ0v) is 9.85. The van der Waals surface area contributed by atoms with E-state index < -0.39 is 0 Å². The molecule has 78 valence electrons. The highest BCUT2D eigenvalue weighted by molar-refractivity contribution is 4.97. The molecule has 13 heavy (non-hydrogen) atoms. The van der Waals surface area contributed by atoms with Crippen molar-refractivity contribution in [3.05, 3.63) is 0 Å². The molecule has 1 saturated carbocycles. The summed E-state index contributed by atoms with van der Waals surface area (Å²) in [6.45, 7) is 12.8. The molecule has 0 aromatic rings. The first-order chi connectivity index (χ1) is 5.98. The van der Waals surface area contributed by atoms with E-state index in [1.807, 2.05) is 0 Å². The van der Waals surface area contributed by atoms with Gasteiger partial charge in [0.05, 0.1) is 0 Å². The third-order valence-corrected chi connectivity index (χ3v) is 3.89. The summed E-state index contributed by atoms with van der Waals surface area (Å²) >= 11 is 0. The fourth-order valence-corrected chi connectivity index (χ4v) is 1.72. The molecule has 1 unspecified atom stereocenters. The normalized spacial score (nSPS) is 22.4. The Hall–Kier alpha value is -0.0400. The molecule has 1 atom stereocenters. The monoisotopic (exact) mass is 183 g/mol. The van der Waals surface area contributed by atoms with Crippen LogP contribution in [0, 0.1) is 17.3 Å². The largest absolute Gasteiger partial charge is 0.313 e. The Bertz CT molecular complexity index is 157. The maximum absolute atomic E-state index is 3.67. The van der Waals surface area contributed by atoms with Gasteiger partial charge in [-0.15, -0.1) is 0 Å². The molecule has 0 spiro atoms. The molecule has 1 rings (SSSR count). The summed E-state index contributed by atoms with van der Waals surface area (Å²) in [6, 6.07) is 0.663. The molecule has 0 saturated heterocycles. The van der Waals surface area contributed by atoms with Gasteiger partial charge in [-0.1, -0.05) is 27.7 Å². The van der Waals surface area contributed by atoms with Gasteiger partial charge in [0, 0.05) is 12.6 Å². The smallest absolute Gasteiger partial charge is 0.00619 e. The topological polar surface area (TPSA) is 12.0 Å². The Morgan fingerprint density at radius 2 is 1.62 bits per heavy atom. The fourth-order valence-electron chi connectivity index (χ4n) is 1.72. The van der Waals surface area contributed by atoms with Gasteiger partial charge in [0.15, 0.2) is 0 Å². The van der Waals surface area contributed by atoms with Gasteiger partial charge in [-0.25, -0.2) is 0 Å². The van der Waals surface area contributed by atoms with Crippen molar-refractivity contribution in [2.24, 2.45) is 17.3 Å². The lowest BCUT2D eigenvalue weighted by molar-refractivity contribution is 0.304. The third-order valence-electron chi connectivity index (χ3n) is 3.89. The summed E-state index contributed by atoms with van der Waals surface area (Å²) in [6.07, 6.45) is 2.87. The molecule has 1 aliphatic carbocycles. The number of hydrogen-bond acceptors (Lipinski definition) is 1. The highest BCUT2D eigenvalue weighted by Crippen LogP contribution is 2.51. The van der Waals surface area contributed by atoms with Crippen LogP contribution in [0.3, 0.4) is 0 Å². The SMILES string of the molecule is CC(C)C(C)NCC1(C(C)C)CC1. The van der Waals surface area contributed by atoms with E-state index in [9.17, 15) is 0 Å². The molecule has 0 aliphatic heterocycles. The second-order valence-electron chi connectivity index (χ2n) is 5.43. The second-order valence-corrected chi connectivity index (χ2v) is 5.43. The van der Waals surface area contributed by atoms with E-state index in [1.54, 1.807) is 0 Å². The van der Waals surface area contributed by atoms with Crippen molar-refractivity contribution in [2.75, 3.05) is 6.54 Å². The van der Waals surface area contributed by atoms with Gasteiger partial charge in [-0.05, 0) is 37.0 Å². The lowest BCUT2D eigenvalue weighted by atomic mass is 9.92. The standard InChI is InChI=1S/C12H25N/c1-9(2)11(5)13-8-12(6-7-12)10(3)4/h9-11,13H,6-8H2,1-5H3. The van der Waals surface area contributed by atoms with Crippen molar-refractivity contribution in [3.8, 4) is 0 Å². The van der Waals surface area contributed by atoms with Gasteiger partial charge >= 0.3 is 0 Å². The molecule has 1 aliphatic rings. The summed E-state index contributed by atoms with van der Waals surface area (Å²) in [7, 11) is 0. The number of hydrogen-bond donors (Lipinski definition) is 1. The van der Waals surface area contributed by atoms with Crippen LogP contribution in [0.4, 0.5) is 0 Å². The van der Waals surface area contributed by atoms with Gasteiger partial charge in [-0.2, -0.15) is 0 Å². The minimum Gasteiger partial charge on any atom is -0.313 e. The first-order valence-electron chi connectivity index (χ1n) is 5.71. The summed E-state index contributed by atoms with van der Waals surface area (Å²) in [5.74, 6) is 1.60. The zero-order chi connectivity index (χ0) is 10.1. The van der Waals surface area contributed by atoms with E-state index in [4.69, 9.17) is 0 Å². The average Bonchev–Trinajstić information content (AvgIpc) is 2.80. The quantitative estimate of drug-likeness (QED) is 0.691. The number of nitrogens with one attached hydrogen (secondary N) is 1. The van der Waals surface area contributed by atoms with E-state index in [0.29, 0.717) is 11.5 Å². The Morgan fingerprint density at radius 3 is 1.92 bits per heavy atom. The molecule has 0 amide bonds. The maximum Gasteiger partial charge on any atom is 0.00619 e. The Kier molecular flexibility index (Phi) is 3.39. The van der Waals surface area contributed by atoms with E-state index in [2.05, 4.69) is 39.9 Å². The van der Waals surface area contributed by atoms with Crippen LogP contribution in [-0.2, 0) is 0 Å². The van der Waals surface area contributed by atoms with Crippen LogP contribution in [0.5, 0.6) is 0 Å². The van der Waals surface area contributed by atoms with Crippen LogP contribution >= 0.6 is 0 Å². The molecule has 0 bridgehead atoms. The third kappa shape index (κ3) is 2.70. The van der Waals surface area contributed by atoms with E-state index in [0.717, 1.165) is 11.8 Å². The highest BCUT2D eigenvalue weighted by Gasteiger charge is 2.44. The van der Waals surface area contributed by atoms with Gasteiger partial charge in [0.2, 0.25) is 0 Å². The van der Waals surface area contributed by atoms with Crippen LogP contribution in [0.25, 0.3) is 0 Å². The van der Waals surface area contributed by atoms with Crippen molar-refractivity contribution in [2.45, 2.75) is 53.5 Å². The van der Waals surface area contributed by atoms with Crippen LogP contribution in [0.1, 0.15) is 47.5 Å². The van der Waals surface area contributed by atoms with Crippen molar-refractivity contribution in [1.29, 1.82) is 0 Å². The second kappa shape index (κ2) is 4.00. The van der Waals surface area contributed by atoms with E-state index in [1.165, 1.54) is 19.4 Å². The van der Waals surface area contributed by atoms with Crippen molar-refractivity contribution < 1.29 is 0 Å². The molecule has 0 aromatic heterocycles. The molecule has 1 fully saturated rings. The number of rotatable bonds is 5. The van der Waals surface area contributed by atoms with Crippen LogP contribution in [0.2, 0.25) is 0 Å². The van der Waals surface area contributed by atoms with Gasteiger partial charge in [0.1, 0.15) is 0 Å². The summed E-state index contributed by atoms with van der Waals surface area (Å²) < 4.78 is 0. The molecule has 1 heteroatoms. The lowest BCUT2D eigenvalue weighted by Crippen LogP contribution is -2.37. The van der Waals surface area contributed by atoms with Crippen LogP contribution in [-0.4, -0.2) is 12.6 Å². The van der Waals surface area contributed by atoms with E-state index in [-0.39, 0.29) is 0 Å². The average molecular weight is 183 g/mol. The predicted octanol–water partition coefficient (Wildman–Crippen LogP) is 3.06. The molecule has 0 radical (unpaired) electrons. The summed E-state index contributed by atoms with van der Waals surface area (Å²) in [5, 5.41) is 3.67. The van der Waals surface area contributed by atoms with E-state index >= 15 is 0 Å². The van der Waals surface area contributed by atoms with Crippen molar-refractivity contribution in [3.63, 3.8) is 0 Å². The molecular weight excluding hydrogens is 158 g/mol. The molecule has 0 aromatic carbocycles. The molecule has 1 nitrogen and oxygen atoms in total. The Morgan fingerprint density at radius 1 is 1.08 bits per heavy atom. The van der Waals surface area contributed by atoms with Gasteiger partial charge < -0.3 is 5.32 Å². The van der Waals surface area contributed by atoms with Gasteiger partial charge in [-0.3, -0.25) is 0 Å². The lowest BCUT2D eigenvalue weighted by Gasteiger charge is -2.24. The Balaban J connectivity index is 2.26. The fraction of sp³-hybridized carbons (Fsp3) is 1.00. The molecule has 1 N–H and O–H groups in total. The minimum absolute atomic E-state index is 0.656. The maximum atomic E-state index is 3.67. The van der Waals surface area contributed by atoms with Crippen molar-refractivity contribution >= 4 is 0 Å². The van der Waals surface area contributed by atoms with Crippen LogP contribution in [0.15, 0.2) is 0 Å².